The quantitative estimate of drug-likeness (QED) is 0.817. The molecule has 0 aliphatic heterocycles. The Morgan fingerprint density at radius 1 is 1.31 bits per heavy atom. The minimum absolute atomic E-state index is 0.435. The predicted molar refractivity (Wildman–Crippen MR) is 69.8 cm³/mol. The fraction of sp³-hybridized carbons (Fsp3) is 0.600. The van der Waals surface area contributed by atoms with Gasteiger partial charge >= 0.3 is 0 Å². The first-order chi connectivity index (χ1) is 7.61. The zero-order chi connectivity index (χ0) is 11.8. The van der Waals surface area contributed by atoms with Crippen LogP contribution in [-0.4, -0.2) is 13.1 Å². The Bertz CT molecular complexity index is 354. The van der Waals surface area contributed by atoms with Gasteiger partial charge in [0.25, 0.3) is 0 Å². The highest BCUT2D eigenvalue weighted by Crippen LogP contribution is 2.54. The molecule has 1 aromatic rings. The van der Waals surface area contributed by atoms with Crippen molar-refractivity contribution in [1.82, 2.24) is 5.32 Å². The van der Waals surface area contributed by atoms with Crippen molar-refractivity contribution in [2.45, 2.75) is 45.6 Å². The highest BCUT2D eigenvalue weighted by Gasteiger charge is 2.49. The summed E-state index contributed by atoms with van der Waals surface area (Å²) in [5.41, 5.74) is 3.30. The highest BCUT2D eigenvalue weighted by atomic mass is 14.9. The van der Waals surface area contributed by atoms with Crippen molar-refractivity contribution < 1.29 is 0 Å². The second-order valence-corrected chi connectivity index (χ2v) is 5.40. The average Bonchev–Trinajstić information content (AvgIpc) is 2.30. The molecule has 0 amide bonds. The Morgan fingerprint density at radius 2 is 1.94 bits per heavy atom. The van der Waals surface area contributed by atoms with Crippen LogP contribution in [0.1, 0.15) is 43.7 Å². The van der Waals surface area contributed by atoms with Gasteiger partial charge in [-0.2, -0.15) is 0 Å². The normalized spacial score (nSPS) is 33.5. The fourth-order valence-electron chi connectivity index (χ4n) is 3.11. The van der Waals surface area contributed by atoms with E-state index in [4.69, 9.17) is 0 Å². The summed E-state index contributed by atoms with van der Waals surface area (Å²) in [5, 5.41) is 3.45. The van der Waals surface area contributed by atoms with E-state index in [2.05, 4.69) is 57.4 Å². The molecule has 1 heteroatoms. The summed E-state index contributed by atoms with van der Waals surface area (Å²) < 4.78 is 0. The molecular weight excluding hydrogens is 194 g/mol. The van der Waals surface area contributed by atoms with Gasteiger partial charge in [0.05, 0.1) is 0 Å². The largest absolute Gasteiger partial charge is 0.316 e. The van der Waals surface area contributed by atoms with Gasteiger partial charge in [-0.15, -0.1) is 0 Å². The standard InChI is InChI=1S/C15H23N/c1-5-15(3)13(10-14(15)16-4)12-8-6-11(2)7-9-12/h6-9,13-14,16H,5,10H2,1-4H3. The number of aryl methyl sites for hydroxylation is 1. The number of nitrogens with one attached hydrogen (secondary N) is 1. The number of hydrogen-bond acceptors (Lipinski definition) is 1. The monoisotopic (exact) mass is 217 g/mol. The number of benzene rings is 1. The van der Waals surface area contributed by atoms with Crippen molar-refractivity contribution >= 4 is 0 Å². The van der Waals surface area contributed by atoms with Crippen LogP contribution >= 0.6 is 0 Å². The molecule has 1 aliphatic carbocycles. The van der Waals surface area contributed by atoms with E-state index >= 15 is 0 Å². The molecule has 0 saturated heterocycles. The molecule has 1 nitrogen and oxygen atoms in total. The van der Waals surface area contributed by atoms with Crippen molar-refractivity contribution in [3.05, 3.63) is 35.4 Å². The minimum atomic E-state index is 0.435. The maximum atomic E-state index is 3.45. The van der Waals surface area contributed by atoms with E-state index in [-0.39, 0.29) is 0 Å². The highest BCUT2D eigenvalue weighted by molar-refractivity contribution is 5.30. The summed E-state index contributed by atoms with van der Waals surface area (Å²) in [6, 6.07) is 9.76. The lowest BCUT2D eigenvalue weighted by Crippen LogP contribution is -2.55. The molecule has 0 radical (unpaired) electrons. The molecule has 3 atom stereocenters. The van der Waals surface area contributed by atoms with Crippen molar-refractivity contribution in [1.29, 1.82) is 0 Å². The Morgan fingerprint density at radius 3 is 2.44 bits per heavy atom. The molecule has 1 aliphatic rings. The van der Waals surface area contributed by atoms with Crippen LogP contribution in [0.5, 0.6) is 0 Å². The first kappa shape index (κ1) is 11.7. The number of hydrogen-bond donors (Lipinski definition) is 1. The molecule has 1 fully saturated rings. The van der Waals surface area contributed by atoms with Crippen molar-refractivity contribution in [2.75, 3.05) is 7.05 Å². The zero-order valence-corrected chi connectivity index (χ0v) is 10.9. The first-order valence-electron chi connectivity index (χ1n) is 6.35. The SMILES string of the molecule is CCC1(C)C(NC)CC1c1ccc(C)cc1. The summed E-state index contributed by atoms with van der Waals surface area (Å²) in [5.74, 6) is 0.732. The van der Waals surface area contributed by atoms with Gasteiger partial charge in [-0.1, -0.05) is 43.7 Å². The van der Waals surface area contributed by atoms with E-state index in [1.165, 1.54) is 24.0 Å². The molecular formula is C15H23N. The Hall–Kier alpha value is -0.820. The molecule has 1 N–H and O–H groups in total. The van der Waals surface area contributed by atoms with Crippen LogP contribution in [0.2, 0.25) is 0 Å². The van der Waals surface area contributed by atoms with Crippen LogP contribution < -0.4 is 5.32 Å². The summed E-state index contributed by atoms with van der Waals surface area (Å²) in [7, 11) is 2.09. The molecule has 16 heavy (non-hydrogen) atoms. The first-order valence-corrected chi connectivity index (χ1v) is 6.35. The van der Waals surface area contributed by atoms with E-state index < -0.39 is 0 Å². The van der Waals surface area contributed by atoms with Crippen molar-refractivity contribution in [3.8, 4) is 0 Å². The molecule has 1 saturated carbocycles. The lowest BCUT2D eigenvalue weighted by atomic mass is 9.54. The molecule has 1 aromatic carbocycles. The van der Waals surface area contributed by atoms with Gasteiger partial charge in [0.1, 0.15) is 0 Å². The van der Waals surface area contributed by atoms with Gasteiger partial charge in [0.2, 0.25) is 0 Å². The van der Waals surface area contributed by atoms with E-state index in [1.54, 1.807) is 0 Å². The van der Waals surface area contributed by atoms with Gasteiger partial charge in [-0.25, -0.2) is 0 Å². The molecule has 3 unspecified atom stereocenters. The van der Waals surface area contributed by atoms with E-state index in [9.17, 15) is 0 Å². The van der Waals surface area contributed by atoms with Crippen LogP contribution in [-0.2, 0) is 0 Å². The van der Waals surface area contributed by atoms with E-state index in [0.717, 1.165) is 5.92 Å². The third kappa shape index (κ3) is 1.67. The summed E-state index contributed by atoms with van der Waals surface area (Å²) in [4.78, 5) is 0. The van der Waals surface area contributed by atoms with Crippen molar-refractivity contribution in [3.63, 3.8) is 0 Å². The topological polar surface area (TPSA) is 12.0 Å². The molecule has 0 aromatic heterocycles. The third-order valence-corrected chi connectivity index (χ3v) is 4.65. The molecule has 0 spiro atoms. The van der Waals surface area contributed by atoms with Gasteiger partial charge < -0.3 is 5.32 Å². The molecule has 2 rings (SSSR count). The van der Waals surface area contributed by atoms with Crippen LogP contribution in [0.15, 0.2) is 24.3 Å². The minimum Gasteiger partial charge on any atom is -0.316 e. The fourth-order valence-corrected chi connectivity index (χ4v) is 3.11. The zero-order valence-electron chi connectivity index (χ0n) is 10.9. The maximum Gasteiger partial charge on any atom is 0.0130 e. The second-order valence-electron chi connectivity index (χ2n) is 5.40. The van der Waals surface area contributed by atoms with Gasteiger partial charge in [0, 0.05) is 6.04 Å². The van der Waals surface area contributed by atoms with Gasteiger partial charge in [0.15, 0.2) is 0 Å². The Labute approximate surface area is 99.3 Å². The lowest BCUT2D eigenvalue weighted by Gasteiger charge is -2.54. The smallest absolute Gasteiger partial charge is 0.0130 e. The average molecular weight is 217 g/mol. The lowest BCUT2D eigenvalue weighted by molar-refractivity contribution is 0.0495. The van der Waals surface area contributed by atoms with Crippen LogP contribution in [0, 0.1) is 12.3 Å². The number of rotatable bonds is 3. The summed E-state index contributed by atoms with van der Waals surface area (Å²) >= 11 is 0. The van der Waals surface area contributed by atoms with Crippen molar-refractivity contribution in [2.24, 2.45) is 5.41 Å². The molecule has 88 valence electrons. The van der Waals surface area contributed by atoms with Crippen LogP contribution in [0.4, 0.5) is 0 Å². The van der Waals surface area contributed by atoms with E-state index in [1.807, 2.05) is 0 Å². The molecule has 0 bridgehead atoms. The Kier molecular flexibility index (Phi) is 3.07. The van der Waals surface area contributed by atoms with Crippen LogP contribution in [0.3, 0.4) is 0 Å². The van der Waals surface area contributed by atoms with Crippen LogP contribution in [0.25, 0.3) is 0 Å². The second kappa shape index (κ2) is 4.21. The Balaban J connectivity index is 2.21. The van der Waals surface area contributed by atoms with Gasteiger partial charge in [-0.3, -0.25) is 0 Å². The van der Waals surface area contributed by atoms with E-state index in [0.29, 0.717) is 11.5 Å². The predicted octanol–water partition coefficient (Wildman–Crippen LogP) is 3.49. The van der Waals surface area contributed by atoms with Gasteiger partial charge in [-0.05, 0) is 43.7 Å². The molecule has 0 heterocycles. The third-order valence-electron chi connectivity index (χ3n) is 4.65. The summed E-state index contributed by atoms with van der Waals surface area (Å²) in [6.45, 7) is 6.88. The summed E-state index contributed by atoms with van der Waals surface area (Å²) in [6.07, 6.45) is 2.53. The maximum absolute atomic E-state index is 3.45.